The number of hydrogen-bond donors (Lipinski definition) is 1. The van der Waals surface area contributed by atoms with E-state index in [1.807, 2.05) is 0 Å². The number of hydrogen-bond acceptors (Lipinski definition) is 10. The third-order valence-electron chi connectivity index (χ3n) is 6.34. The van der Waals surface area contributed by atoms with Crippen molar-refractivity contribution in [2.45, 2.75) is 56.8 Å². The van der Waals surface area contributed by atoms with Crippen molar-refractivity contribution in [3.05, 3.63) is 75.7 Å². The van der Waals surface area contributed by atoms with E-state index in [-0.39, 0.29) is 25.5 Å². The first kappa shape index (κ1) is 31.4. The van der Waals surface area contributed by atoms with Gasteiger partial charge >= 0.3 is 24.0 Å². The number of allylic oxidation sites excluding steroid dienone is 1. The molecule has 0 amide bonds. The fourth-order valence-electron chi connectivity index (χ4n) is 4.20. The van der Waals surface area contributed by atoms with E-state index in [2.05, 4.69) is 20.5 Å². The van der Waals surface area contributed by atoms with Gasteiger partial charge in [-0.2, -0.15) is 26.3 Å². The van der Waals surface area contributed by atoms with E-state index in [1.165, 1.54) is 25.1 Å². The van der Waals surface area contributed by atoms with E-state index in [1.54, 1.807) is 18.2 Å². The summed E-state index contributed by atoms with van der Waals surface area (Å²) in [6.45, 7) is 0.767. The summed E-state index contributed by atoms with van der Waals surface area (Å²) in [7, 11) is 0. The number of esters is 1. The van der Waals surface area contributed by atoms with Gasteiger partial charge in [-0.15, -0.1) is 10.2 Å². The predicted octanol–water partition coefficient (Wildman–Crippen LogP) is 6.12. The summed E-state index contributed by atoms with van der Waals surface area (Å²) >= 11 is 0. The molecule has 2 unspecified atom stereocenters. The Morgan fingerprint density at radius 1 is 1.16 bits per heavy atom. The number of halogens is 6. The third kappa shape index (κ3) is 6.76. The molecule has 3 heterocycles. The maximum absolute atomic E-state index is 14.8. The number of carbonyl (C=O) groups is 1. The summed E-state index contributed by atoms with van der Waals surface area (Å²) < 4.78 is 102. The van der Waals surface area contributed by atoms with Crippen LogP contribution in [-0.2, 0) is 32.7 Å². The minimum absolute atomic E-state index is 0.0978. The molecule has 1 aliphatic heterocycles. The highest BCUT2D eigenvalue weighted by molar-refractivity contribution is 5.80. The second-order valence-corrected chi connectivity index (χ2v) is 9.22. The lowest BCUT2D eigenvalue weighted by molar-refractivity contribution is -0.384. The average molecular weight is 615 g/mol. The topological polar surface area (TPSA) is 143 Å². The highest BCUT2D eigenvalue weighted by Gasteiger charge is 2.61. The quantitative estimate of drug-likeness (QED) is 0.113. The monoisotopic (exact) mass is 615 g/mol. The number of carbonyl (C=O) groups excluding carboxylic acids is 1. The number of ether oxygens (including phenoxy) is 2. The Hall–Kier alpha value is -4.54. The summed E-state index contributed by atoms with van der Waals surface area (Å²) in [6, 6.07) is 6.50. The molecule has 1 aromatic carbocycles. The number of fused-ring (bicyclic) bond motifs is 5. The van der Waals surface area contributed by atoms with Gasteiger partial charge in [0.25, 0.3) is 11.8 Å². The van der Waals surface area contributed by atoms with E-state index < -0.39 is 82.5 Å². The van der Waals surface area contributed by atoms with Gasteiger partial charge in [0.2, 0.25) is 11.3 Å². The molecule has 0 fully saturated rings. The van der Waals surface area contributed by atoms with Crippen LogP contribution in [0.1, 0.15) is 43.2 Å². The van der Waals surface area contributed by atoms with Crippen molar-refractivity contribution < 1.29 is 50.0 Å². The van der Waals surface area contributed by atoms with Crippen LogP contribution in [0.15, 0.2) is 53.0 Å². The molecule has 0 saturated heterocycles. The van der Waals surface area contributed by atoms with Gasteiger partial charge in [-0.25, -0.2) is 9.78 Å². The van der Waals surface area contributed by atoms with Gasteiger partial charge in [0.05, 0.1) is 18.1 Å². The van der Waals surface area contributed by atoms with Crippen molar-refractivity contribution in [2.24, 2.45) is 0 Å². The number of anilines is 1. The zero-order valence-electron chi connectivity index (χ0n) is 22.2. The SMILES string of the molecule is CCOC(=O)C1CC/C=C\CC(OCc2ccccc2)(C(F)(F)F)c2nnc(o2)-c2nc(c(C(F)(F)F)cc2[N+](=O)[O-])N1. The van der Waals surface area contributed by atoms with Crippen molar-refractivity contribution in [1.82, 2.24) is 15.2 Å². The Morgan fingerprint density at radius 3 is 2.51 bits per heavy atom. The fraction of sp³-hybridized carbons (Fsp3) is 0.385. The highest BCUT2D eigenvalue weighted by Crippen LogP contribution is 2.47. The molecule has 0 saturated carbocycles. The van der Waals surface area contributed by atoms with Crippen LogP contribution in [0.5, 0.6) is 0 Å². The molecule has 2 aromatic heterocycles. The second kappa shape index (κ2) is 12.4. The fourth-order valence-corrected chi connectivity index (χ4v) is 4.20. The second-order valence-electron chi connectivity index (χ2n) is 9.22. The molecule has 17 heteroatoms. The number of alkyl halides is 6. The maximum Gasteiger partial charge on any atom is 0.426 e. The summed E-state index contributed by atoms with van der Waals surface area (Å²) in [5.41, 5.74) is -6.77. The van der Waals surface area contributed by atoms with Crippen LogP contribution in [-0.4, -0.2) is 44.9 Å². The lowest BCUT2D eigenvalue weighted by atomic mass is 9.97. The van der Waals surface area contributed by atoms with Crippen molar-refractivity contribution in [1.29, 1.82) is 0 Å². The van der Waals surface area contributed by atoms with Crippen LogP contribution < -0.4 is 5.32 Å². The lowest BCUT2D eigenvalue weighted by Gasteiger charge is -2.31. The van der Waals surface area contributed by atoms with Crippen LogP contribution in [0.25, 0.3) is 11.6 Å². The van der Waals surface area contributed by atoms with Crippen LogP contribution in [0.2, 0.25) is 0 Å². The first-order valence-electron chi connectivity index (χ1n) is 12.7. The Balaban J connectivity index is 1.93. The van der Waals surface area contributed by atoms with Gasteiger partial charge in [-0.1, -0.05) is 42.5 Å². The molecular formula is C26H23F6N5O6. The molecule has 11 nitrogen and oxygen atoms in total. The average Bonchev–Trinajstić information content (AvgIpc) is 3.43. The standard InChI is InChI=1S/C26H23F6N5O6/c1-2-41-22(38)17-11-7-4-8-12-24(26(30,31)32,42-14-15-9-5-3-6-10-15)23-36-35-21(43-23)19-18(37(39)40)13-16(25(27,28)29)20(33-17)34-19/h3-6,8-10,13,17H,2,7,11-12,14H2,1H3,(H,33,34)/b8-4-. The zero-order chi connectivity index (χ0) is 31.4. The molecule has 4 rings (SSSR count). The number of benzene rings is 1. The van der Waals surface area contributed by atoms with Crippen LogP contribution in [0.3, 0.4) is 0 Å². The number of nitrogens with zero attached hydrogens (tertiary/aromatic N) is 4. The van der Waals surface area contributed by atoms with Gasteiger partial charge in [0, 0.05) is 12.5 Å². The predicted molar refractivity (Wildman–Crippen MR) is 135 cm³/mol. The largest absolute Gasteiger partial charge is 0.464 e. The summed E-state index contributed by atoms with van der Waals surface area (Å²) in [5.74, 6) is -4.14. The molecule has 3 aromatic rings. The minimum Gasteiger partial charge on any atom is -0.464 e. The molecule has 2 atom stereocenters. The molecule has 230 valence electrons. The minimum atomic E-state index is -5.19. The molecule has 0 aliphatic carbocycles. The molecular weight excluding hydrogens is 592 g/mol. The highest BCUT2D eigenvalue weighted by atomic mass is 19.4. The molecule has 0 radical (unpaired) electrons. The number of nitrogens with one attached hydrogen (secondary N) is 1. The summed E-state index contributed by atoms with van der Waals surface area (Å²) in [5, 5.41) is 21.0. The first-order chi connectivity index (χ1) is 20.3. The van der Waals surface area contributed by atoms with E-state index in [0.29, 0.717) is 5.56 Å². The molecule has 0 spiro atoms. The Labute approximate surface area is 239 Å². The van der Waals surface area contributed by atoms with E-state index >= 15 is 0 Å². The zero-order valence-corrected chi connectivity index (χ0v) is 22.2. The van der Waals surface area contributed by atoms with Gasteiger partial charge in [0.15, 0.2) is 0 Å². The Kier molecular flexibility index (Phi) is 9.03. The molecule has 1 N–H and O–H groups in total. The van der Waals surface area contributed by atoms with Gasteiger partial charge < -0.3 is 19.2 Å². The van der Waals surface area contributed by atoms with Crippen LogP contribution >= 0.6 is 0 Å². The number of rotatable bonds is 6. The maximum atomic E-state index is 14.8. The normalized spacial score (nSPS) is 20.0. The summed E-state index contributed by atoms with van der Waals surface area (Å²) in [4.78, 5) is 26.8. The van der Waals surface area contributed by atoms with Crippen molar-refractivity contribution in [2.75, 3.05) is 11.9 Å². The smallest absolute Gasteiger partial charge is 0.426 e. The molecule has 1 aliphatic rings. The van der Waals surface area contributed by atoms with E-state index in [0.717, 1.165) is 6.08 Å². The van der Waals surface area contributed by atoms with Gasteiger partial charge in [-0.05, 0) is 25.3 Å². The van der Waals surface area contributed by atoms with Crippen LogP contribution in [0.4, 0.5) is 37.8 Å². The van der Waals surface area contributed by atoms with Gasteiger partial charge in [-0.3, -0.25) is 10.1 Å². The van der Waals surface area contributed by atoms with E-state index in [9.17, 15) is 41.3 Å². The molecule has 43 heavy (non-hydrogen) atoms. The Morgan fingerprint density at radius 2 is 1.88 bits per heavy atom. The van der Waals surface area contributed by atoms with Crippen molar-refractivity contribution >= 4 is 17.5 Å². The third-order valence-corrected chi connectivity index (χ3v) is 6.34. The van der Waals surface area contributed by atoms with E-state index in [4.69, 9.17) is 13.9 Å². The Bertz CT molecular complexity index is 1490. The lowest BCUT2D eigenvalue weighted by Crippen LogP contribution is -2.45. The summed E-state index contributed by atoms with van der Waals surface area (Å²) in [6.07, 6.45) is -9.23. The number of nitro groups is 1. The van der Waals surface area contributed by atoms with Crippen molar-refractivity contribution in [3.63, 3.8) is 0 Å². The van der Waals surface area contributed by atoms with Gasteiger partial charge in [0.1, 0.15) is 17.4 Å². The number of aromatic nitrogens is 3. The van der Waals surface area contributed by atoms with Crippen LogP contribution in [0, 0.1) is 10.1 Å². The molecule has 4 bridgehead atoms. The number of pyridine rings is 1. The first-order valence-corrected chi connectivity index (χ1v) is 12.7. The van der Waals surface area contributed by atoms with Crippen molar-refractivity contribution in [3.8, 4) is 11.6 Å².